The number of ether oxygens (including phenoxy) is 1. The van der Waals surface area contributed by atoms with Crippen molar-refractivity contribution in [3.05, 3.63) is 72.8 Å². The molecule has 32 heavy (non-hydrogen) atoms. The maximum absolute atomic E-state index is 13.3. The second-order valence-electron chi connectivity index (χ2n) is 7.27. The number of nitrogens with two attached hydrogens (primary N) is 1. The maximum atomic E-state index is 13.3. The van der Waals surface area contributed by atoms with Crippen molar-refractivity contribution in [2.45, 2.75) is 25.8 Å². The lowest BCUT2D eigenvalue weighted by Gasteiger charge is -2.16. The Morgan fingerprint density at radius 3 is 2.88 bits per heavy atom. The molecule has 1 aromatic carbocycles. The zero-order valence-corrected chi connectivity index (χ0v) is 17.7. The number of benzene rings is 1. The van der Waals surface area contributed by atoms with Gasteiger partial charge in [-0.15, -0.1) is 11.7 Å². The number of hydrogen-bond donors (Lipinski definition) is 2. The van der Waals surface area contributed by atoms with Crippen LogP contribution in [0.4, 0.5) is 16.0 Å². The summed E-state index contributed by atoms with van der Waals surface area (Å²) < 4.78 is 20.7. The molecule has 9 heteroatoms. The molecule has 0 fully saturated rings. The molecular weight excluding hydrogens is 409 g/mol. The molecule has 0 aliphatic rings. The van der Waals surface area contributed by atoms with Crippen molar-refractivity contribution in [3.63, 3.8) is 0 Å². The molecule has 0 spiro atoms. The van der Waals surface area contributed by atoms with E-state index in [0.29, 0.717) is 35.1 Å². The smallest absolute Gasteiger partial charge is 0.318 e. The van der Waals surface area contributed by atoms with Crippen molar-refractivity contribution < 1.29 is 9.13 Å². The molecular formula is C23H24FN7O. The minimum Gasteiger partial charge on any atom is -0.463 e. The van der Waals surface area contributed by atoms with Gasteiger partial charge in [-0.3, -0.25) is 0 Å². The standard InChI is InChI=1S/C23H24FN7O/c1-3-4-5-13-32-23-28-18(20-21(25)30-31-12-6-11-26-22(20)31)14-19(29-23)27-15(2)16-7-9-17(24)10-8-16/h3,6-12,14-15H,1,4-5,13H2,2H3,(H2,25,30)(H,27,28,29)/t15-/m0/s1. The van der Waals surface area contributed by atoms with Crippen molar-refractivity contribution >= 4 is 17.3 Å². The SMILES string of the molecule is C=CCCCOc1nc(N[C@@H](C)c2ccc(F)cc2)cc(-c2c(N)nn3cccnc23)n1. The van der Waals surface area contributed by atoms with Crippen molar-refractivity contribution in [1.82, 2.24) is 24.6 Å². The number of nitrogens with one attached hydrogen (secondary N) is 1. The van der Waals surface area contributed by atoms with E-state index in [2.05, 4.69) is 31.9 Å². The zero-order valence-electron chi connectivity index (χ0n) is 17.7. The highest BCUT2D eigenvalue weighted by atomic mass is 19.1. The van der Waals surface area contributed by atoms with E-state index >= 15 is 0 Å². The highest BCUT2D eigenvalue weighted by Gasteiger charge is 2.18. The summed E-state index contributed by atoms with van der Waals surface area (Å²) in [6.07, 6.45) is 6.91. The van der Waals surface area contributed by atoms with Gasteiger partial charge in [-0.1, -0.05) is 18.2 Å². The van der Waals surface area contributed by atoms with Gasteiger partial charge in [-0.2, -0.15) is 9.97 Å². The van der Waals surface area contributed by atoms with E-state index in [1.807, 2.05) is 13.0 Å². The Kier molecular flexibility index (Phi) is 6.25. The summed E-state index contributed by atoms with van der Waals surface area (Å²) in [5.74, 6) is 0.564. The van der Waals surface area contributed by atoms with Gasteiger partial charge in [0.05, 0.1) is 17.9 Å². The quantitative estimate of drug-likeness (QED) is 0.297. The Labute approximate surface area is 185 Å². The average molecular weight is 433 g/mol. The van der Waals surface area contributed by atoms with Crippen LogP contribution in [0.5, 0.6) is 6.01 Å². The Hall–Kier alpha value is -4.01. The van der Waals surface area contributed by atoms with Crippen molar-refractivity contribution in [1.29, 1.82) is 0 Å². The van der Waals surface area contributed by atoms with E-state index in [9.17, 15) is 4.39 Å². The number of halogens is 1. The monoisotopic (exact) mass is 433 g/mol. The normalized spacial score (nSPS) is 11.9. The van der Waals surface area contributed by atoms with Crippen LogP contribution in [0.2, 0.25) is 0 Å². The second kappa shape index (κ2) is 9.42. The average Bonchev–Trinajstić information content (AvgIpc) is 3.12. The number of rotatable bonds is 9. The molecule has 3 aromatic heterocycles. The van der Waals surface area contributed by atoms with Gasteiger partial charge in [0, 0.05) is 24.5 Å². The van der Waals surface area contributed by atoms with Crippen LogP contribution < -0.4 is 15.8 Å². The van der Waals surface area contributed by atoms with Crippen LogP contribution in [-0.2, 0) is 0 Å². The van der Waals surface area contributed by atoms with Crippen LogP contribution in [0, 0.1) is 5.82 Å². The van der Waals surface area contributed by atoms with Gasteiger partial charge in [0.1, 0.15) is 11.6 Å². The number of allylic oxidation sites excluding steroid dienone is 1. The van der Waals surface area contributed by atoms with E-state index in [1.165, 1.54) is 12.1 Å². The first kappa shape index (κ1) is 21.2. The van der Waals surface area contributed by atoms with Crippen LogP contribution >= 0.6 is 0 Å². The molecule has 0 aliphatic carbocycles. The van der Waals surface area contributed by atoms with E-state index in [0.717, 1.165) is 18.4 Å². The third kappa shape index (κ3) is 4.66. The van der Waals surface area contributed by atoms with Gasteiger partial charge in [0.15, 0.2) is 11.5 Å². The summed E-state index contributed by atoms with van der Waals surface area (Å²) >= 11 is 0. The minimum atomic E-state index is -0.281. The number of aromatic nitrogens is 5. The van der Waals surface area contributed by atoms with Crippen LogP contribution in [0.1, 0.15) is 31.4 Å². The number of hydrogen-bond acceptors (Lipinski definition) is 7. The van der Waals surface area contributed by atoms with Crippen LogP contribution in [0.25, 0.3) is 16.9 Å². The van der Waals surface area contributed by atoms with Crippen molar-refractivity contribution in [3.8, 4) is 17.3 Å². The molecule has 4 rings (SSSR count). The lowest BCUT2D eigenvalue weighted by atomic mass is 10.1. The lowest BCUT2D eigenvalue weighted by molar-refractivity contribution is 0.288. The molecule has 1 atom stereocenters. The number of anilines is 2. The Morgan fingerprint density at radius 2 is 2.09 bits per heavy atom. The zero-order chi connectivity index (χ0) is 22.5. The van der Waals surface area contributed by atoms with Crippen LogP contribution in [0.15, 0.2) is 61.4 Å². The first-order valence-electron chi connectivity index (χ1n) is 10.3. The van der Waals surface area contributed by atoms with Gasteiger partial charge >= 0.3 is 6.01 Å². The summed E-state index contributed by atoms with van der Waals surface area (Å²) in [6, 6.07) is 9.95. The van der Waals surface area contributed by atoms with Gasteiger partial charge in [0.2, 0.25) is 0 Å². The maximum Gasteiger partial charge on any atom is 0.318 e. The number of unbranched alkanes of at least 4 members (excludes halogenated alkanes) is 1. The molecule has 0 amide bonds. The fraction of sp³-hybridized carbons (Fsp3) is 0.217. The van der Waals surface area contributed by atoms with Gasteiger partial charge in [-0.25, -0.2) is 13.9 Å². The fourth-order valence-corrected chi connectivity index (χ4v) is 3.29. The molecule has 164 valence electrons. The van der Waals surface area contributed by atoms with E-state index in [1.54, 1.807) is 41.2 Å². The fourth-order valence-electron chi connectivity index (χ4n) is 3.29. The van der Waals surface area contributed by atoms with Gasteiger partial charge in [0.25, 0.3) is 0 Å². The van der Waals surface area contributed by atoms with Crippen LogP contribution in [0.3, 0.4) is 0 Å². The van der Waals surface area contributed by atoms with E-state index in [4.69, 9.17) is 10.5 Å². The molecule has 0 aliphatic heterocycles. The molecule has 8 nitrogen and oxygen atoms in total. The molecule has 3 N–H and O–H groups in total. The van der Waals surface area contributed by atoms with Crippen molar-refractivity contribution in [2.75, 3.05) is 17.7 Å². The molecule has 0 unspecified atom stereocenters. The predicted octanol–water partition coefficient (Wildman–Crippen LogP) is 4.43. The highest BCUT2D eigenvalue weighted by molar-refractivity contribution is 5.85. The number of fused-ring (bicyclic) bond motifs is 1. The number of nitrogen functional groups attached to an aromatic ring is 1. The largest absolute Gasteiger partial charge is 0.463 e. The molecule has 0 saturated heterocycles. The van der Waals surface area contributed by atoms with Crippen molar-refractivity contribution in [2.24, 2.45) is 0 Å². The molecule has 3 heterocycles. The van der Waals surface area contributed by atoms with E-state index < -0.39 is 0 Å². The topological polar surface area (TPSA) is 103 Å². The molecule has 4 aromatic rings. The lowest BCUT2D eigenvalue weighted by Crippen LogP contribution is -2.10. The Bertz CT molecular complexity index is 1220. The van der Waals surface area contributed by atoms with E-state index in [-0.39, 0.29) is 17.9 Å². The predicted molar refractivity (Wildman–Crippen MR) is 122 cm³/mol. The first-order valence-corrected chi connectivity index (χ1v) is 10.3. The second-order valence-corrected chi connectivity index (χ2v) is 7.27. The van der Waals surface area contributed by atoms with Gasteiger partial charge < -0.3 is 15.8 Å². The number of nitrogens with zero attached hydrogens (tertiary/aromatic N) is 5. The summed E-state index contributed by atoms with van der Waals surface area (Å²) in [4.78, 5) is 13.4. The summed E-state index contributed by atoms with van der Waals surface area (Å²) in [6.45, 7) is 6.13. The molecule has 0 saturated carbocycles. The Balaban J connectivity index is 1.69. The van der Waals surface area contributed by atoms with Crippen LogP contribution in [-0.4, -0.2) is 31.2 Å². The third-order valence-corrected chi connectivity index (χ3v) is 4.90. The summed E-state index contributed by atoms with van der Waals surface area (Å²) in [7, 11) is 0. The molecule has 0 radical (unpaired) electrons. The highest BCUT2D eigenvalue weighted by Crippen LogP contribution is 2.31. The minimum absolute atomic E-state index is 0.133. The Morgan fingerprint density at radius 1 is 1.28 bits per heavy atom. The molecule has 0 bridgehead atoms. The van der Waals surface area contributed by atoms with Gasteiger partial charge in [-0.05, 0) is 43.5 Å². The first-order chi connectivity index (χ1) is 15.5. The third-order valence-electron chi connectivity index (χ3n) is 4.90. The summed E-state index contributed by atoms with van der Waals surface area (Å²) in [5, 5.41) is 7.65. The summed E-state index contributed by atoms with van der Waals surface area (Å²) in [5.41, 5.74) is 8.83.